The quantitative estimate of drug-likeness (QED) is 0.444. The Kier molecular flexibility index (Phi) is 4.32. The van der Waals surface area contributed by atoms with Crippen molar-refractivity contribution in [3.05, 3.63) is 124 Å². The minimum atomic E-state index is -1.53. The van der Waals surface area contributed by atoms with E-state index in [0.717, 1.165) is 33.4 Å². The monoisotopic (exact) mass is 396 g/mol. The highest BCUT2D eigenvalue weighted by Gasteiger charge is 2.46. The summed E-state index contributed by atoms with van der Waals surface area (Å²) in [5.41, 5.74) is 6.41. The zero-order valence-electron chi connectivity index (χ0n) is 15.6. The summed E-state index contributed by atoms with van der Waals surface area (Å²) in [6.45, 7) is 0. The molecule has 1 aliphatic carbocycles. The van der Waals surface area contributed by atoms with E-state index in [0.29, 0.717) is 10.5 Å². The van der Waals surface area contributed by atoms with Gasteiger partial charge in [0.15, 0.2) is 0 Å². The predicted octanol–water partition coefficient (Wildman–Crippen LogP) is 4.38. The molecule has 0 radical (unpaired) electrons. The van der Waals surface area contributed by atoms with Gasteiger partial charge < -0.3 is 10.0 Å². The number of fused-ring (bicyclic) bond motifs is 3. The van der Waals surface area contributed by atoms with Gasteiger partial charge in [-0.25, -0.2) is 0 Å². The first kappa shape index (κ1) is 18.2. The molecule has 0 aliphatic heterocycles. The van der Waals surface area contributed by atoms with Crippen LogP contribution in [0.15, 0.2) is 97.1 Å². The van der Waals surface area contributed by atoms with Crippen molar-refractivity contribution in [2.24, 2.45) is 0 Å². The smallest absolute Gasteiger partial charge is 0.423 e. The van der Waals surface area contributed by atoms with E-state index < -0.39 is 12.5 Å². The van der Waals surface area contributed by atoms with E-state index in [9.17, 15) is 10.0 Å². The summed E-state index contributed by atoms with van der Waals surface area (Å²) in [4.78, 5) is 0. The van der Waals surface area contributed by atoms with Gasteiger partial charge >= 0.3 is 7.12 Å². The van der Waals surface area contributed by atoms with Gasteiger partial charge in [0.1, 0.15) is 0 Å². The topological polar surface area (TPSA) is 40.5 Å². The normalized spacial score (nSPS) is 13.6. The molecular weight excluding hydrogens is 379 g/mol. The Labute approximate surface area is 175 Å². The van der Waals surface area contributed by atoms with Gasteiger partial charge in [0, 0.05) is 5.02 Å². The molecule has 2 N–H and O–H groups in total. The third-order valence-electron chi connectivity index (χ3n) is 5.84. The van der Waals surface area contributed by atoms with E-state index in [1.165, 1.54) is 0 Å². The van der Waals surface area contributed by atoms with Crippen molar-refractivity contribution in [3.63, 3.8) is 0 Å². The first-order valence-electron chi connectivity index (χ1n) is 9.54. The molecule has 0 amide bonds. The van der Waals surface area contributed by atoms with Crippen LogP contribution >= 0.6 is 11.6 Å². The molecule has 5 rings (SSSR count). The fourth-order valence-corrected chi connectivity index (χ4v) is 4.81. The Morgan fingerprint density at radius 1 is 0.621 bits per heavy atom. The molecule has 4 aromatic carbocycles. The van der Waals surface area contributed by atoms with Crippen LogP contribution in [-0.2, 0) is 5.41 Å². The fraction of sp³-hybridized carbons (Fsp3) is 0.0400. The van der Waals surface area contributed by atoms with Crippen molar-refractivity contribution >= 4 is 24.2 Å². The van der Waals surface area contributed by atoms with Crippen LogP contribution in [0.4, 0.5) is 0 Å². The molecule has 140 valence electrons. The number of hydrogen-bond acceptors (Lipinski definition) is 2. The maximum atomic E-state index is 9.86. The van der Waals surface area contributed by atoms with Crippen molar-refractivity contribution in [2.75, 3.05) is 0 Å². The lowest BCUT2D eigenvalue weighted by Gasteiger charge is -2.34. The van der Waals surface area contributed by atoms with E-state index in [1.54, 1.807) is 6.07 Å². The number of benzene rings is 4. The highest BCUT2D eigenvalue weighted by molar-refractivity contribution is 6.58. The highest BCUT2D eigenvalue weighted by atomic mass is 35.5. The number of hydrogen-bond donors (Lipinski definition) is 2. The lowest BCUT2D eigenvalue weighted by atomic mass is 9.66. The van der Waals surface area contributed by atoms with Crippen LogP contribution in [0.2, 0.25) is 5.02 Å². The molecule has 29 heavy (non-hydrogen) atoms. The van der Waals surface area contributed by atoms with Gasteiger partial charge in [0.05, 0.1) is 5.41 Å². The average Bonchev–Trinajstić information content (AvgIpc) is 3.04. The molecule has 4 heteroatoms. The zero-order chi connectivity index (χ0) is 20.0. The van der Waals surface area contributed by atoms with Crippen LogP contribution < -0.4 is 5.46 Å². The Morgan fingerprint density at radius 2 is 1.14 bits per heavy atom. The molecule has 4 aromatic rings. The maximum absolute atomic E-state index is 9.86. The van der Waals surface area contributed by atoms with Gasteiger partial charge in [0.25, 0.3) is 0 Å². The molecule has 0 atom stereocenters. The first-order chi connectivity index (χ1) is 14.1. The Bertz CT molecular complexity index is 1150. The third kappa shape index (κ3) is 2.66. The second kappa shape index (κ2) is 6.89. The summed E-state index contributed by atoms with van der Waals surface area (Å²) in [6.07, 6.45) is 0. The van der Waals surface area contributed by atoms with Crippen molar-refractivity contribution in [1.82, 2.24) is 0 Å². The molecule has 2 nitrogen and oxygen atoms in total. The van der Waals surface area contributed by atoms with Crippen molar-refractivity contribution in [2.45, 2.75) is 5.41 Å². The zero-order valence-corrected chi connectivity index (χ0v) is 16.3. The molecule has 0 fully saturated rings. The molecule has 0 saturated heterocycles. The average molecular weight is 397 g/mol. The second-order valence-corrected chi connectivity index (χ2v) is 7.79. The molecule has 0 aromatic heterocycles. The predicted molar refractivity (Wildman–Crippen MR) is 119 cm³/mol. The van der Waals surface area contributed by atoms with E-state index in [2.05, 4.69) is 30.3 Å². The van der Waals surface area contributed by atoms with Gasteiger partial charge in [0.2, 0.25) is 0 Å². The van der Waals surface area contributed by atoms with Gasteiger partial charge in [-0.2, -0.15) is 0 Å². The second-order valence-electron chi connectivity index (χ2n) is 7.35. The number of rotatable bonds is 3. The van der Waals surface area contributed by atoms with E-state index in [4.69, 9.17) is 11.6 Å². The van der Waals surface area contributed by atoms with Gasteiger partial charge in [-0.3, -0.25) is 0 Å². The summed E-state index contributed by atoms with van der Waals surface area (Å²) >= 11 is 6.47. The van der Waals surface area contributed by atoms with E-state index >= 15 is 0 Å². The first-order valence-corrected chi connectivity index (χ1v) is 9.92. The molecular formula is C25H18BClO2. The molecule has 0 unspecified atom stereocenters. The minimum Gasteiger partial charge on any atom is -0.423 e. The van der Waals surface area contributed by atoms with Crippen molar-refractivity contribution in [1.29, 1.82) is 0 Å². The van der Waals surface area contributed by atoms with Gasteiger partial charge in [-0.15, -0.1) is 0 Å². The summed E-state index contributed by atoms with van der Waals surface area (Å²) in [7, 11) is -1.53. The van der Waals surface area contributed by atoms with E-state index in [-0.39, 0.29) is 0 Å². The molecule has 0 heterocycles. The molecule has 0 bridgehead atoms. The highest BCUT2D eigenvalue weighted by Crippen LogP contribution is 2.56. The van der Waals surface area contributed by atoms with Gasteiger partial charge in [-0.1, -0.05) is 96.5 Å². The molecule has 0 saturated carbocycles. The van der Waals surface area contributed by atoms with Crippen LogP contribution in [0, 0.1) is 0 Å². The minimum absolute atomic E-state index is 0.471. The Balaban J connectivity index is 1.97. The maximum Gasteiger partial charge on any atom is 0.488 e. The Hall–Kier alpha value is -2.85. The lowest BCUT2D eigenvalue weighted by molar-refractivity contribution is 0.425. The Morgan fingerprint density at radius 3 is 1.69 bits per heavy atom. The van der Waals surface area contributed by atoms with Crippen LogP contribution in [-0.4, -0.2) is 17.2 Å². The molecule has 0 spiro atoms. The van der Waals surface area contributed by atoms with E-state index in [1.807, 2.05) is 60.7 Å². The molecule has 1 aliphatic rings. The van der Waals surface area contributed by atoms with Crippen LogP contribution in [0.1, 0.15) is 22.3 Å². The van der Waals surface area contributed by atoms with Gasteiger partial charge in [-0.05, 0) is 51.0 Å². The summed E-state index contributed by atoms with van der Waals surface area (Å²) < 4.78 is 0. The van der Waals surface area contributed by atoms with Crippen LogP contribution in [0.5, 0.6) is 0 Å². The van der Waals surface area contributed by atoms with Crippen molar-refractivity contribution < 1.29 is 10.0 Å². The standard InChI is InChI=1S/C25H18BClO2/c27-20-12-14-22-21-13-11-19(26(28)29)15-23(21)25(24(22)16-20,17-7-3-1-4-8-17)18-9-5-2-6-10-18/h1-16,28-29H. The summed E-state index contributed by atoms with van der Waals surface area (Å²) in [5, 5.41) is 20.4. The summed E-state index contributed by atoms with van der Waals surface area (Å²) in [6, 6.07) is 32.3. The van der Waals surface area contributed by atoms with Crippen LogP contribution in [0.25, 0.3) is 11.1 Å². The number of halogens is 1. The fourth-order valence-electron chi connectivity index (χ4n) is 4.64. The summed E-state index contributed by atoms with van der Waals surface area (Å²) in [5.74, 6) is 0. The largest absolute Gasteiger partial charge is 0.488 e. The van der Waals surface area contributed by atoms with Crippen LogP contribution in [0.3, 0.4) is 0 Å². The third-order valence-corrected chi connectivity index (χ3v) is 6.07. The SMILES string of the molecule is OB(O)c1ccc2c(c1)C(c1ccccc1)(c1ccccc1)c1cc(Cl)ccc1-2. The lowest BCUT2D eigenvalue weighted by Crippen LogP contribution is -2.33. The van der Waals surface area contributed by atoms with Crippen molar-refractivity contribution in [3.8, 4) is 11.1 Å².